The lowest BCUT2D eigenvalue weighted by Crippen LogP contribution is -2.55. The van der Waals surface area contributed by atoms with Gasteiger partial charge in [-0.1, -0.05) is 31.9 Å². The summed E-state index contributed by atoms with van der Waals surface area (Å²) in [6.45, 7) is 11.4. The monoisotopic (exact) mass is 481 g/mol. The van der Waals surface area contributed by atoms with Crippen LogP contribution in [-0.4, -0.2) is 57.9 Å². The van der Waals surface area contributed by atoms with Crippen molar-refractivity contribution in [1.82, 2.24) is 15.5 Å². The lowest BCUT2D eigenvalue weighted by molar-refractivity contribution is -0.144. The quantitative estimate of drug-likeness (QED) is 0.284. The van der Waals surface area contributed by atoms with Crippen molar-refractivity contribution in [1.29, 1.82) is 0 Å². The normalized spacial score (nSPS) is 13.2. The van der Waals surface area contributed by atoms with Crippen molar-refractivity contribution in [2.75, 3.05) is 12.3 Å². The van der Waals surface area contributed by atoms with Crippen LogP contribution in [0, 0.1) is 0 Å². The zero-order valence-corrected chi connectivity index (χ0v) is 21.4. The van der Waals surface area contributed by atoms with E-state index >= 15 is 0 Å². The van der Waals surface area contributed by atoms with Crippen LogP contribution in [0.1, 0.15) is 72.4 Å². The fourth-order valence-corrected chi connectivity index (χ4v) is 3.52. The van der Waals surface area contributed by atoms with Gasteiger partial charge < -0.3 is 25.4 Å². The first-order valence-electron chi connectivity index (χ1n) is 11.4. The highest BCUT2D eigenvalue weighted by atomic mass is 32.1. The highest BCUT2D eigenvalue weighted by Gasteiger charge is 2.37. The van der Waals surface area contributed by atoms with E-state index in [-0.39, 0.29) is 23.5 Å². The predicted octanol–water partition coefficient (Wildman–Crippen LogP) is 3.80. The second kappa shape index (κ2) is 13.3. The van der Waals surface area contributed by atoms with Crippen molar-refractivity contribution in [3.05, 3.63) is 29.8 Å². The maximum Gasteiger partial charge on any atom is 0.408 e. The van der Waals surface area contributed by atoms with Gasteiger partial charge in [-0.05, 0) is 58.7 Å². The number of nitrogens with one attached hydrogen (secondary N) is 2. The minimum absolute atomic E-state index is 0.0295. The predicted molar refractivity (Wildman–Crippen MR) is 132 cm³/mol. The molecule has 8 nitrogen and oxygen atoms in total. The molecular formula is C24H39N3O5S. The molecule has 3 N–H and O–H groups in total. The molecule has 2 atom stereocenters. The Labute approximate surface area is 202 Å². The Bertz CT molecular complexity index is 777. The van der Waals surface area contributed by atoms with Crippen LogP contribution in [0.25, 0.3) is 0 Å². The van der Waals surface area contributed by atoms with E-state index in [4.69, 9.17) is 4.74 Å². The van der Waals surface area contributed by atoms with Crippen LogP contribution in [0.15, 0.2) is 24.3 Å². The minimum atomic E-state index is -0.988. The summed E-state index contributed by atoms with van der Waals surface area (Å²) in [4.78, 5) is 40.6. The van der Waals surface area contributed by atoms with Gasteiger partial charge in [-0.2, -0.15) is 12.6 Å². The average molecular weight is 482 g/mol. The largest absolute Gasteiger partial charge is 0.508 e. The summed E-state index contributed by atoms with van der Waals surface area (Å²) in [6, 6.07) is 3.90. The van der Waals surface area contributed by atoms with Gasteiger partial charge in [0.1, 0.15) is 23.4 Å². The number of phenols is 1. The van der Waals surface area contributed by atoms with Gasteiger partial charge in [0.05, 0.1) is 0 Å². The summed E-state index contributed by atoms with van der Waals surface area (Å²) >= 11 is 4.25. The third-order valence-corrected chi connectivity index (χ3v) is 5.16. The summed E-state index contributed by atoms with van der Waals surface area (Å²) in [6.07, 6.45) is 2.11. The number of carbonyl (C=O) groups excluding carboxylic acids is 3. The van der Waals surface area contributed by atoms with Crippen molar-refractivity contribution in [2.24, 2.45) is 0 Å². The van der Waals surface area contributed by atoms with E-state index in [0.717, 1.165) is 19.3 Å². The third kappa shape index (κ3) is 9.53. The molecule has 0 bridgehead atoms. The fraction of sp³-hybridized carbons (Fsp3) is 0.625. The molecule has 9 heteroatoms. The fourth-order valence-electron chi connectivity index (χ4n) is 3.27. The molecule has 0 aliphatic carbocycles. The number of carbonyl (C=O) groups is 3. The Balaban J connectivity index is 3.24. The van der Waals surface area contributed by atoms with Gasteiger partial charge in [-0.25, -0.2) is 4.79 Å². The van der Waals surface area contributed by atoms with Gasteiger partial charge in [0, 0.05) is 18.3 Å². The van der Waals surface area contributed by atoms with E-state index in [0.29, 0.717) is 12.1 Å². The van der Waals surface area contributed by atoms with E-state index in [1.54, 1.807) is 46.8 Å². The molecular weight excluding hydrogens is 442 g/mol. The lowest BCUT2D eigenvalue weighted by atomic mass is 10.0. The summed E-state index contributed by atoms with van der Waals surface area (Å²) in [5.74, 6) is -0.688. The Morgan fingerprint density at radius 2 is 1.73 bits per heavy atom. The maximum absolute atomic E-state index is 13.6. The topological polar surface area (TPSA) is 108 Å². The Hall–Kier alpha value is -2.42. The molecule has 0 aliphatic rings. The summed E-state index contributed by atoms with van der Waals surface area (Å²) in [7, 11) is 0. The highest BCUT2D eigenvalue weighted by molar-refractivity contribution is 7.80. The smallest absolute Gasteiger partial charge is 0.408 e. The summed E-state index contributed by atoms with van der Waals surface area (Å²) < 4.78 is 5.28. The van der Waals surface area contributed by atoms with E-state index < -0.39 is 29.7 Å². The molecule has 186 valence electrons. The van der Waals surface area contributed by atoms with Crippen molar-refractivity contribution in [3.8, 4) is 5.75 Å². The summed E-state index contributed by atoms with van der Waals surface area (Å²) in [5.41, 5.74) is -0.170. The Kier molecular flexibility index (Phi) is 11.6. The molecule has 3 amide bonds. The van der Waals surface area contributed by atoms with Crippen LogP contribution in [0.3, 0.4) is 0 Å². The maximum atomic E-state index is 13.6. The first-order valence-corrected chi connectivity index (χ1v) is 12.0. The second-order valence-electron chi connectivity index (χ2n) is 9.21. The molecule has 1 rings (SSSR count). The van der Waals surface area contributed by atoms with Gasteiger partial charge >= 0.3 is 6.09 Å². The number of thiol groups is 1. The minimum Gasteiger partial charge on any atom is -0.508 e. The van der Waals surface area contributed by atoms with E-state index in [1.165, 1.54) is 17.0 Å². The standard InChI is InChI=1S/C24H39N3O5S/c1-7-8-9-14-25-21(29)20(17-10-12-18(28)13-11-17)27(16(2)3)22(30)19(15-33)26-23(31)32-24(4,5)6/h10-13,16,19-20,28,33H,7-9,14-15H2,1-6H3,(H,25,29)(H,26,31). The van der Waals surface area contributed by atoms with Crippen LogP contribution < -0.4 is 10.6 Å². The molecule has 2 unspecified atom stereocenters. The summed E-state index contributed by atoms with van der Waals surface area (Å²) in [5, 5.41) is 15.2. The SMILES string of the molecule is CCCCCNC(=O)C(c1ccc(O)cc1)N(C(=O)C(CS)NC(=O)OC(C)(C)C)C(C)C. The van der Waals surface area contributed by atoms with Crippen LogP contribution in [0.4, 0.5) is 4.79 Å². The number of hydrogen-bond donors (Lipinski definition) is 4. The molecule has 0 fully saturated rings. The van der Waals surface area contributed by atoms with Gasteiger partial charge in [-0.15, -0.1) is 0 Å². The molecule has 0 aromatic heterocycles. The number of unbranched alkanes of at least 4 members (excludes halogenated alkanes) is 2. The molecule has 0 radical (unpaired) electrons. The number of amides is 3. The molecule has 0 heterocycles. The van der Waals surface area contributed by atoms with Crippen LogP contribution in [-0.2, 0) is 14.3 Å². The van der Waals surface area contributed by atoms with Crippen molar-refractivity contribution < 1.29 is 24.2 Å². The number of alkyl carbamates (subject to hydrolysis) is 1. The first kappa shape index (κ1) is 28.6. The number of rotatable bonds is 11. The molecule has 0 aliphatic heterocycles. The lowest BCUT2D eigenvalue weighted by Gasteiger charge is -2.37. The van der Waals surface area contributed by atoms with E-state index in [2.05, 4.69) is 30.2 Å². The molecule has 0 saturated carbocycles. The zero-order chi connectivity index (χ0) is 25.2. The molecule has 0 saturated heterocycles. The van der Waals surface area contributed by atoms with Crippen molar-refractivity contribution in [3.63, 3.8) is 0 Å². The van der Waals surface area contributed by atoms with Crippen LogP contribution in [0.2, 0.25) is 0 Å². The van der Waals surface area contributed by atoms with Crippen LogP contribution >= 0.6 is 12.6 Å². The Morgan fingerprint density at radius 3 is 2.21 bits per heavy atom. The molecule has 0 spiro atoms. The number of hydrogen-bond acceptors (Lipinski definition) is 6. The zero-order valence-electron chi connectivity index (χ0n) is 20.6. The van der Waals surface area contributed by atoms with Crippen LogP contribution in [0.5, 0.6) is 5.75 Å². The first-order chi connectivity index (χ1) is 15.4. The van der Waals surface area contributed by atoms with Crippen molar-refractivity contribution >= 4 is 30.5 Å². The number of phenolic OH excluding ortho intramolecular Hbond substituents is 1. The second-order valence-corrected chi connectivity index (χ2v) is 9.58. The van der Waals surface area contributed by atoms with Gasteiger partial charge in [-0.3, -0.25) is 9.59 Å². The average Bonchev–Trinajstić information content (AvgIpc) is 2.72. The van der Waals surface area contributed by atoms with Gasteiger partial charge in [0.15, 0.2) is 0 Å². The highest BCUT2D eigenvalue weighted by Crippen LogP contribution is 2.26. The molecule has 1 aromatic rings. The number of ether oxygens (including phenoxy) is 1. The van der Waals surface area contributed by atoms with Gasteiger partial charge in [0.25, 0.3) is 0 Å². The molecule has 33 heavy (non-hydrogen) atoms. The molecule has 1 aromatic carbocycles. The third-order valence-electron chi connectivity index (χ3n) is 4.80. The van der Waals surface area contributed by atoms with Gasteiger partial charge in [0.2, 0.25) is 11.8 Å². The van der Waals surface area contributed by atoms with E-state index in [1.807, 2.05) is 0 Å². The van der Waals surface area contributed by atoms with Crippen molar-refractivity contribution in [2.45, 2.75) is 84.5 Å². The Morgan fingerprint density at radius 1 is 1.12 bits per heavy atom. The number of nitrogens with zero attached hydrogens (tertiary/aromatic N) is 1. The van der Waals surface area contributed by atoms with E-state index in [9.17, 15) is 19.5 Å². The number of aromatic hydroxyl groups is 1. The number of benzene rings is 1.